The SMILES string of the molecule is C=C1CC(OC(C)=O)[C@H](OC(=O)CC)[C@@]2(C)C=CC(=O)[C@H](C)[C@@H]2[C@@H](OC(C)=O)[C@]2(O)[C@@H](C)C(=O)O[C@H]2[C@H]1Cl. The fourth-order valence-corrected chi connectivity index (χ4v) is 6.39. The molecule has 1 heterocycles. The van der Waals surface area contributed by atoms with Crippen molar-refractivity contribution in [2.75, 3.05) is 0 Å². The number of hydrogen-bond donors (Lipinski definition) is 1. The molecular formula is C27H35ClO10. The molecule has 0 bridgehead atoms. The molecule has 1 aliphatic heterocycles. The van der Waals surface area contributed by atoms with Gasteiger partial charge in [0.1, 0.15) is 18.3 Å². The molecule has 10 nitrogen and oxygen atoms in total. The Hall–Kier alpha value is -2.72. The molecule has 2 fully saturated rings. The van der Waals surface area contributed by atoms with Gasteiger partial charge in [-0.3, -0.25) is 24.0 Å². The Kier molecular flexibility index (Phi) is 8.48. The number of allylic oxidation sites excluding steroid dienone is 1. The summed E-state index contributed by atoms with van der Waals surface area (Å²) >= 11 is 6.74. The first-order valence-electron chi connectivity index (χ1n) is 12.6. The maximum Gasteiger partial charge on any atom is 0.312 e. The number of fused-ring (bicyclic) bond motifs is 2. The van der Waals surface area contributed by atoms with E-state index in [1.165, 1.54) is 26.0 Å². The summed E-state index contributed by atoms with van der Waals surface area (Å²) < 4.78 is 22.8. The standard InChI is InChI=1S/C27H35ClO10/c1-8-19(32)37-22-18(35-15(5)29)11-12(2)21(28)24-27(34,14(4)25(33)38-24)23(36-16(6)30)20-13(3)17(31)9-10-26(20,22)7/h9-10,13-14,18,20-24,34H,2,8,11H2,1,3-7H3/t13-,14-,18?,20+,21-,22-,23+,24-,26-,27+/m0/s1. The predicted molar refractivity (Wildman–Crippen MR) is 134 cm³/mol. The smallest absolute Gasteiger partial charge is 0.312 e. The number of alkyl halides is 1. The van der Waals surface area contributed by atoms with Crippen LogP contribution >= 0.6 is 11.6 Å². The van der Waals surface area contributed by atoms with Gasteiger partial charge < -0.3 is 24.1 Å². The molecule has 0 aromatic heterocycles. The van der Waals surface area contributed by atoms with Crippen LogP contribution in [-0.4, -0.2) is 70.2 Å². The van der Waals surface area contributed by atoms with E-state index in [4.69, 9.17) is 30.5 Å². The molecule has 210 valence electrons. The second kappa shape index (κ2) is 10.8. The van der Waals surface area contributed by atoms with Gasteiger partial charge in [-0.25, -0.2) is 0 Å². The van der Waals surface area contributed by atoms with Gasteiger partial charge in [-0.2, -0.15) is 0 Å². The van der Waals surface area contributed by atoms with Crippen LogP contribution in [0.4, 0.5) is 0 Å². The second-order valence-corrected chi connectivity index (χ2v) is 11.1. The highest BCUT2D eigenvalue weighted by Gasteiger charge is 2.68. The van der Waals surface area contributed by atoms with E-state index in [0.29, 0.717) is 0 Å². The lowest BCUT2D eigenvalue weighted by Crippen LogP contribution is -2.67. The van der Waals surface area contributed by atoms with E-state index < -0.39 is 82.4 Å². The number of carbonyl (C=O) groups is 5. The summed E-state index contributed by atoms with van der Waals surface area (Å²) in [4.78, 5) is 63.2. The van der Waals surface area contributed by atoms with E-state index >= 15 is 0 Å². The number of carbonyl (C=O) groups excluding carboxylic acids is 5. The summed E-state index contributed by atoms with van der Waals surface area (Å²) in [7, 11) is 0. The van der Waals surface area contributed by atoms with E-state index in [2.05, 4.69) is 6.58 Å². The van der Waals surface area contributed by atoms with Crippen molar-refractivity contribution in [2.45, 2.75) is 89.8 Å². The molecule has 0 amide bonds. The summed E-state index contributed by atoms with van der Waals surface area (Å²) in [6.07, 6.45) is -2.51. The Bertz CT molecular complexity index is 1070. The van der Waals surface area contributed by atoms with Crippen molar-refractivity contribution < 1.29 is 48.0 Å². The average Bonchev–Trinajstić information content (AvgIpc) is 3.07. The van der Waals surface area contributed by atoms with Crippen molar-refractivity contribution >= 4 is 41.3 Å². The highest BCUT2D eigenvalue weighted by molar-refractivity contribution is 6.23. The molecule has 0 aromatic rings. The lowest BCUT2D eigenvalue weighted by molar-refractivity contribution is -0.217. The molecule has 1 saturated heterocycles. The van der Waals surface area contributed by atoms with Gasteiger partial charge in [0.05, 0.1) is 11.3 Å². The zero-order valence-corrected chi connectivity index (χ0v) is 23.2. The molecule has 10 atom stereocenters. The minimum absolute atomic E-state index is 0.0000755. The number of halogens is 1. The number of ether oxygens (including phenoxy) is 4. The third kappa shape index (κ3) is 5.00. The minimum atomic E-state index is -2.18. The highest BCUT2D eigenvalue weighted by Crippen LogP contribution is 2.54. The topological polar surface area (TPSA) is 142 Å². The molecule has 38 heavy (non-hydrogen) atoms. The van der Waals surface area contributed by atoms with Gasteiger partial charge in [-0.1, -0.05) is 39.0 Å². The molecule has 1 N–H and O–H groups in total. The number of rotatable bonds is 4. The fraction of sp³-hybridized carbons (Fsp3) is 0.667. The zero-order chi connectivity index (χ0) is 28.7. The van der Waals surface area contributed by atoms with Crippen molar-refractivity contribution in [3.05, 3.63) is 24.3 Å². The van der Waals surface area contributed by atoms with Gasteiger partial charge >= 0.3 is 23.9 Å². The fourth-order valence-electron chi connectivity index (χ4n) is 6.04. The van der Waals surface area contributed by atoms with Gasteiger partial charge in [0, 0.05) is 43.9 Å². The molecule has 1 saturated carbocycles. The first-order valence-corrected chi connectivity index (χ1v) is 13.0. The molecule has 3 aliphatic rings. The van der Waals surface area contributed by atoms with Crippen LogP contribution in [0.25, 0.3) is 0 Å². The summed E-state index contributed by atoms with van der Waals surface area (Å²) in [6, 6.07) is 0. The summed E-state index contributed by atoms with van der Waals surface area (Å²) in [5.41, 5.74) is -3.30. The Labute approximate surface area is 226 Å². The molecule has 11 heteroatoms. The normalized spacial score (nSPS) is 40.9. The summed E-state index contributed by atoms with van der Waals surface area (Å²) in [6.45, 7) is 12.6. The van der Waals surface area contributed by atoms with Crippen LogP contribution in [0.2, 0.25) is 0 Å². The molecule has 0 spiro atoms. The third-order valence-corrected chi connectivity index (χ3v) is 8.61. The van der Waals surface area contributed by atoms with Gasteiger partial charge in [-0.05, 0) is 13.0 Å². The van der Waals surface area contributed by atoms with Crippen molar-refractivity contribution in [1.29, 1.82) is 0 Å². The Morgan fingerprint density at radius 1 is 1.13 bits per heavy atom. The Morgan fingerprint density at radius 2 is 1.74 bits per heavy atom. The van der Waals surface area contributed by atoms with Crippen molar-refractivity contribution in [3.8, 4) is 0 Å². The number of hydrogen-bond acceptors (Lipinski definition) is 10. The van der Waals surface area contributed by atoms with Crippen molar-refractivity contribution in [3.63, 3.8) is 0 Å². The zero-order valence-electron chi connectivity index (χ0n) is 22.4. The van der Waals surface area contributed by atoms with E-state index in [1.54, 1.807) is 20.8 Å². The van der Waals surface area contributed by atoms with E-state index in [0.717, 1.165) is 6.92 Å². The van der Waals surface area contributed by atoms with Crippen LogP contribution in [0.15, 0.2) is 24.3 Å². The molecule has 1 unspecified atom stereocenters. The summed E-state index contributed by atoms with van der Waals surface area (Å²) in [5, 5.41) is 11.1. The van der Waals surface area contributed by atoms with Crippen molar-refractivity contribution in [2.24, 2.45) is 23.2 Å². The van der Waals surface area contributed by atoms with Gasteiger partial charge in [0.25, 0.3) is 0 Å². The Balaban J connectivity index is 2.39. The van der Waals surface area contributed by atoms with E-state index in [1.807, 2.05) is 0 Å². The van der Waals surface area contributed by atoms with Gasteiger partial charge in [0.2, 0.25) is 0 Å². The number of esters is 4. The van der Waals surface area contributed by atoms with E-state index in [-0.39, 0.29) is 24.2 Å². The molecular weight excluding hydrogens is 520 g/mol. The highest BCUT2D eigenvalue weighted by atomic mass is 35.5. The lowest BCUT2D eigenvalue weighted by atomic mass is 9.56. The quantitative estimate of drug-likeness (QED) is 0.238. The third-order valence-electron chi connectivity index (χ3n) is 8.07. The van der Waals surface area contributed by atoms with Crippen LogP contribution in [0, 0.1) is 23.2 Å². The first kappa shape index (κ1) is 29.8. The molecule has 0 radical (unpaired) electrons. The van der Waals surface area contributed by atoms with Gasteiger partial charge in [-0.15, -0.1) is 11.6 Å². The minimum Gasteiger partial charge on any atom is -0.459 e. The average molecular weight is 555 g/mol. The van der Waals surface area contributed by atoms with Crippen LogP contribution < -0.4 is 0 Å². The Morgan fingerprint density at radius 3 is 2.29 bits per heavy atom. The molecule has 3 rings (SSSR count). The van der Waals surface area contributed by atoms with Crippen LogP contribution in [0.5, 0.6) is 0 Å². The maximum absolute atomic E-state index is 13.0. The number of aliphatic hydroxyl groups is 1. The monoisotopic (exact) mass is 554 g/mol. The summed E-state index contributed by atoms with van der Waals surface area (Å²) in [5.74, 6) is -6.32. The van der Waals surface area contributed by atoms with E-state index in [9.17, 15) is 29.1 Å². The molecule has 0 aromatic carbocycles. The second-order valence-electron chi connectivity index (χ2n) is 10.6. The lowest BCUT2D eigenvalue weighted by Gasteiger charge is -2.53. The van der Waals surface area contributed by atoms with Crippen LogP contribution in [0.1, 0.15) is 54.4 Å². The molecule has 2 aliphatic carbocycles. The maximum atomic E-state index is 13.0. The van der Waals surface area contributed by atoms with Crippen LogP contribution in [-0.2, 0) is 42.9 Å². The first-order chi connectivity index (χ1) is 17.6. The number of ketones is 1. The van der Waals surface area contributed by atoms with Crippen LogP contribution in [0.3, 0.4) is 0 Å². The van der Waals surface area contributed by atoms with Crippen molar-refractivity contribution in [1.82, 2.24) is 0 Å². The van der Waals surface area contributed by atoms with Gasteiger partial charge in [0.15, 0.2) is 17.5 Å². The predicted octanol–water partition coefficient (Wildman–Crippen LogP) is 2.43. The largest absolute Gasteiger partial charge is 0.459 e.